The van der Waals surface area contributed by atoms with Crippen LogP contribution in [-0.4, -0.2) is 54.9 Å². The molecule has 5 atom stereocenters. The van der Waals surface area contributed by atoms with Crippen LogP contribution in [0.3, 0.4) is 0 Å². The van der Waals surface area contributed by atoms with E-state index >= 15 is 0 Å². The normalized spacial score (nSPS) is 29.9. The number of hydrogen-bond donors (Lipinski definition) is 2. The van der Waals surface area contributed by atoms with E-state index in [1.807, 2.05) is 60.4 Å². The van der Waals surface area contributed by atoms with Crippen LogP contribution in [0.2, 0.25) is 0 Å². The van der Waals surface area contributed by atoms with E-state index in [1.165, 1.54) is 0 Å². The summed E-state index contributed by atoms with van der Waals surface area (Å²) in [6.07, 6.45) is 1.18. The van der Waals surface area contributed by atoms with E-state index in [4.69, 9.17) is 9.47 Å². The van der Waals surface area contributed by atoms with Gasteiger partial charge < -0.3 is 24.6 Å². The first-order chi connectivity index (χ1) is 15.8. The minimum atomic E-state index is -1.13. The average molecular weight is 454 g/mol. The molecule has 6 heteroatoms. The van der Waals surface area contributed by atoms with Crippen molar-refractivity contribution in [1.29, 1.82) is 0 Å². The van der Waals surface area contributed by atoms with Crippen LogP contribution in [0.25, 0.3) is 0 Å². The molecule has 0 radical (unpaired) electrons. The second kappa shape index (κ2) is 8.99. The number of carbonyl (C=O) groups is 1. The Kier molecular flexibility index (Phi) is 6.43. The number of methoxy groups -OCH3 is 2. The van der Waals surface area contributed by atoms with Crippen LogP contribution in [0.15, 0.2) is 48.5 Å². The van der Waals surface area contributed by atoms with Gasteiger partial charge in [-0.15, -0.1) is 0 Å². The molecule has 2 aromatic carbocycles. The van der Waals surface area contributed by atoms with Gasteiger partial charge in [0.1, 0.15) is 11.5 Å². The summed E-state index contributed by atoms with van der Waals surface area (Å²) >= 11 is 0. The molecule has 0 unspecified atom stereocenters. The third kappa shape index (κ3) is 3.89. The standard InChI is InChI=1S/C27H35NO5/c1-18(19-9-5-7-11-23(19)32-3)25(30)28-15-21-22(16-28)27(31,14-13-26(21,2)17-29)20-10-6-8-12-24(20)33-4/h5-12,18,21-22,29,31H,13-17H2,1-4H3/t18-,21-,22+,26-,27+/m0/s1. The molecule has 0 bridgehead atoms. The SMILES string of the molecule is COc1ccccc1[C@H](C)C(=O)N1C[C@@H]2[C@H](C1)[C@](C)(CO)CC[C@@]2(O)c1ccccc1OC. The van der Waals surface area contributed by atoms with Gasteiger partial charge in [0.15, 0.2) is 0 Å². The van der Waals surface area contributed by atoms with Gasteiger partial charge in [0.2, 0.25) is 5.91 Å². The number of aliphatic hydroxyl groups is 2. The fraction of sp³-hybridized carbons (Fsp3) is 0.519. The Morgan fingerprint density at radius 1 is 1.03 bits per heavy atom. The van der Waals surface area contributed by atoms with Gasteiger partial charge in [0, 0.05) is 36.7 Å². The van der Waals surface area contributed by atoms with Gasteiger partial charge in [0.25, 0.3) is 0 Å². The van der Waals surface area contributed by atoms with Gasteiger partial charge >= 0.3 is 0 Å². The summed E-state index contributed by atoms with van der Waals surface area (Å²) in [7, 11) is 3.22. The second-order valence-corrected chi connectivity index (χ2v) is 9.86. The van der Waals surface area contributed by atoms with Crippen LogP contribution in [0.1, 0.15) is 43.7 Å². The number of hydrogen-bond acceptors (Lipinski definition) is 5. The minimum absolute atomic E-state index is 0.0107. The highest BCUT2D eigenvalue weighted by molar-refractivity contribution is 5.84. The van der Waals surface area contributed by atoms with Crippen molar-refractivity contribution in [2.45, 2.75) is 38.2 Å². The molecular weight excluding hydrogens is 418 g/mol. The van der Waals surface area contributed by atoms with E-state index < -0.39 is 5.60 Å². The highest BCUT2D eigenvalue weighted by Crippen LogP contribution is 2.57. The van der Waals surface area contributed by atoms with E-state index in [9.17, 15) is 15.0 Å². The second-order valence-electron chi connectivity index (χ2n) is 9.86. The molecule has 1 heterocycles. The molecule has 1 saturated carbocycles. The summed E-state index contributed by atoms with van der Waals surface area (Å²) in [6.45, 7) is 4.95. The Morgan fingerprint density at radius 2 is 1.64 bits per heavy atom. The van der Waals surface area contributed by atoms with Gasteiger partial charge in [-0.25, -0.2) is 0 Å². The van der Waals surface area contributed by atoms with Crippen LogP contribution in [0, 0.1) is 17.3 Å². The molecule has 4 rings (SSSR count). The number of amides is 1. The molecular formula is C27H35NO5. The maximum Gasteiger partial charge on any atom is 0.229 e. The Morgan fingerprint density at radius 3 is 2.30 bits per heavy atom. The number of nitrogens with zero attached hydrogens (tertiary/aromatic N) is 1. The van der Waals surface area contributed by atoms with Gasteiger partial charge in [-0.3, -0.25) is 4.79 Å². The van der Waals surface area contributed by atoms with Gasteiger partial charge in [-0.05, 0) is 43.2 Å². The lowest BCUT2D eigenvalue weighted by Crippen LogP contribution is -2.51. The molecule has 2 N–H and O–H groups in total. The molecule has 1 aliphatic heterocycles. The highest BCUT2D eigenvalue weighted by Gasteiger charge is 2.58. The van der Waals surface area contributed by atoms with Gasteiger partial charge in [-0.2, -0.15) is 0 Å². The molecule has 6 nitrogen and oxygen atoms in total. The zero-order valence-corrected chi connectivity index (χ0v) is 20.0. The third-order valence-electron chi connectivity index (χ3n) is 8.13. The summed E-state index contributed by atoms with van der Waals surface area (Å²) in [6, 6.07) is 15.2. The Hall–Kier alpha value is -2.57. The molecule has 2 aliphatic rings. The van der Waals surface area contributed by atoms with E-state index in [0.29, 0.717) is 37.4 Å². The first kappa shape index (κ1) is 23.6. The first-order valence-corrected chi connectivity index (χ1v) is 11.7. The molecule has 2 fully saturated rings. The van der Waals surface area contributed by atoms with Gasteiger partial charge in [-0.1, -0.05) is 43.3 Å². The summed E-state index contributed by atoms with van der Waals surface area (Å²) in [5.41, 5.74) is 0.121. The predicted octanol–water partition coefficient (Wildman–Crippen LogP) is 3.56. The summed E-state index contributed by atoms with van der Waals surface area (Å²) in [4.78, 5) is 15.5. The molecule has 0 aromatic heterocycles. The lowest BCUT2D eigenvalue weighted by molar-refractivity contribution is -0.132. The third-order valence-corrected chi connectivity index (χ3v) is 8.13. The fourth-order valence-electron chi connectivity index (χ4n) is 5.98. The molecule has 1 saturated heterocycles. The first-order valence-electron chi connectivity index (χ1n) is 11.7. The van der Waals surface area contributed by atoms with Crippen molar-refractivity contribution in [3.8, 4) is 11.5 Å². The quantitative estimate of drug-likeness (QED) is 0.699. The van der Waals surface area contributed by atoms with E-state index in [2.05, 4.69) is 6.92 Å². The lowest BCUT2D eigenvalue weighted by atomic mass is 9.57. The van der Waals surface area contributed by atoms with Crippen LogP contribution in [0.5, 0.6) is 11.5 Å². The number of para-hydroxylation sites is 2. The smallest absolute Gasteiger partial charge is 0.229 e. The topological polar surface area (TPSA) is 79.2 Å². The van der Waals surface area contributed by atoms with E-state index in [0.717, 1.165) is 11.1 Å². The zero-order chi connectivity index (χ0) is 23.8. The molecule has 1 amide bonds. The summed E-state index contributed by atoms with van der Waals surface area (Å²) in [5, 5.41) is 22.4. The lowest BCUT2D eigenvalue weighted by Gasteiger charge is -2.50. The van der Waals surface area contributed by atoms with Gasteiger partial charge in [0.05, 0.1) is 25.7 Å². The zero-order valence-electron chi connectivity index (χ0n) is 20.0. The summed E-state index contributed by atoms with van der Waals surface area (Å²) in [5.74, 6) is 0.755. The van der Waals surface area contributed by atoms with Crippen molar-refractivity contribution in [2.75, 3.05) is 33.9 Å². The van der Waals surface area contributed by atoms with Crippen LogP contribution in [0.4, 0.5) is 0 Å². The van der Waals surface area contributed by atoms with E-state index in [1.54, 1.807) is 14.2 Å². The molecule has 178 valence electrons. The van der Waals surface area contributed by atoms with Crippen molar-refractivity contribution < 1.29 is 24.5 Å². The molecule has 2 aromatic rings. The molecule has 1 aliphatic carbocycles. The van der Waals surface area contributed by atoms with Crippen molar-refractivity contribution in [3.63, 3.8) is 0 Å². The Bertz CT molecular complexity index is 1010. The van der Waals surface area contributed by atoms with Crippen molar-refractivity contribution in [3.05, 3.63) is 59.7 Å². The molecule has 0 spiro atoms. The molecule has 33 heavy (non-hydrogen) atoms. The van der Waals surface area contributed by atoms with Crippen LogP contribution in [-0.2, 0) is 10.4 Å². The van der Waals surface area contributed by atoms with Crippen molar-refractivity contribution in [2.24, 2.45) is 17.3 Å². The van der Waals surface area contributed by atoms with Crippen molar-refractivity contribution >= 4 is 5.91 Å². The number of aliphatic hydroxyl groups excluding tert-OH is 1. The Labute approximate surface area is 196 Å². The Balaban J connectivity index is 1.68. The fourth-order valence-corrected chi connectivity index (χ4v) is 5.98. The van der Waals surface area contributed by atoms with Crippen LogP contribution < -0.4 is 9.47 Å². The van der Waals surface area contributed by atoms with Crippen LogP contribution >= 0.6 is 0 Å². The monoisotopic (exact) mass is 453 g/mol. The maximum absolute atomic E-state index is 13.6. The summed E-state index contributed by atoms with van der Waals surface area (Å²) < 4.78 is 11.1. The number of benzene rings is 2. The average Bonchev–Trinajstić information content (AvgIpc) is 3.33. The number of rotatable bonds is 6. The number of likely N-dealkylation sites (tertiary alicyclic amines) is 1. The highest BCUT2D eigenvalue weighted by atomic mass is 16.5. The largest absolute Gasteiger partial charge is 0.496 e. The minimum Gasteiger partial charge on any atom is -0.496 e. The number of fused-ring (bicyclic) bond motifs is 1. The van der Waals surface area contributed by atoms with E-state index in [-0.39, 0.29) is 35.7 Å². The number of ether oxygens (including phenoxy) is 2. The predicted molar refractivity (Wildman–Crippen MR) is 126 cm³/mol. The maximum atomic E-state index is 13.6. The number of carbonyl (C=O) groups excluding carboxylic acids is 1. The van der Waals surface area contributed by atoms with Crippen molar-refractivity contribution in [1.82, 2.24) is 4.90 Å².